The Morgan fingerprint density at radius 2 is 0.937 bits per heavy atom. The Hall–Kier alpha value is -8.54. The van der Waals surface area contributed by atoms with Gasteiger partial charge in [-0.05, 0) is 75.8 Å². The molecular formula is C58H34N4O. The fraction of sp³-hybridized carbons (Fsp3) is 0. The molecule has 0 saturated heterocycles. The van der Waals surface area contributed by atoms with Crippen LogP contribution in [0.5, 0.6) is 0 Å². The maximum Gasteiger partial charge on any atom is 0.197 e. The highest BCUT2D eigenvalue weighted by atomic mass is 16.3. The number of fused-ring (bicyclic) bond motifs is 13. The Kier molecular flexibility index (Phi) is 7.05. The van der Waals surface area contributed by atoms with Crippen molar-refractivity contribution in [1.82, 2.24) is 18.9 Å². The molecule has 0 radical (unpaired) electrons. The van der Waals surface area contributed by atoms with Gasteiger partial charge in [0.15, 0.2) is 17.2 Å². The number of benzene rings is 9. The van der Waals surface area contributed by atoms with Gasteiger partial charge in [0.2, 0.25) is 0 Å². The Balaban J connectivity index is 1.13. The van der Waals surface area contributed by atoms with E-state index in [0.29, 0.717) is 17.2 Å². The molecule has 0 atom stereocenters. The smallest absolute Gasteiger partial charge is 0.197 e. The summed E-state index contributed by atoms with van der Waals surface area (Å²) in [7, 11) is 0. The highest BCUT2D eigenvalue weighted by Gasteiger charge is 2.27. The van der Waals surface area contributed by atoms with E-state index >= 15 is 0 Å². The second-order valence-corrected chi connectivity index (χ2v) is 16.5. The summed E-state index contributed by atoms with van der Waals surface area (Å²) < 4.78 is 11.7. The van der Waals surface area contributed by atoms with Crippen molar-refractivity contribution in [3.63, 3.8) is 0 Å². The molecule has 0 aliphatic heterocycles. The molecule has 5 aromatic heterocycles. The number of hydrogen-bond acceptors (Lipinski definition) is 3. The van der Waals surface area contributed by atoms with Gasteiger partial charge < -0.3 is 8.82 Å². The van der Waals surface area contributed by atoms with Crippen molar-refractivity contribution in [2.24, 2.45) is 0 Å². The SMILES string of the molecule is c1ccc(-c2ccc(-c3nc(-n4c5ccc(-c6ccccc6)cc5c5c6c7ccccc7n7c8cc(-c9ccccc9)ccc8c(cc54)c67)c4oc5ccccc5c4n3)cc2)cc1. The number of furan rings is 1. The molecule has 0 aliphatic rings. The Morgan fingerprint density at radius 3 is 1.68 bits per heavy atom. The predicted molar refractivity (Wildman–Crippen MR) is 260 cm³/mol. The van der Waals surface area contributed by atoms with Crippen molar-refractivity contribution in [3.05, 3.63) is 206 Å². The molecule has 63 heavy (non-hydrogen) atoms. The largest absolute Gasteiger partial charge is 0.450 e. The third-order valence-electron chi connectivity index (χ3n) is 13.1. The molecule has 0 N–H and O–H groups in total. The molecule has 0 unspecified atom stereocenters. The molecule has 292 valence electrons. The standard InChI is InChI=1S/C58H34N4O/c1-4-14-35(15-5-1)38-24-26-39(27-25-38)57-59-54-44-21-11-13-23-51(44)63-56(54)58(60-57)62-48-31-29-40(36-16-6-2-7-17-36)32-46(48)52-50(62)34-45-42-30-28-41(37-18-8-3-9-19-37)33-49(42)61-47-22-12-10-20-43(47)53(52)55(45)61/h1-34H. The maximum atomic E-state index is 6.84. The van der Waals surface area contributed by atoms with Gasteiger partial charge in [-0.15, -0.1) is 0 Å². The summed E-state index contributed by atoms with van der Waals surface area (Å²) in [5.41, 5.74) is 15.9. The first kappa shape index (κ1) is 34.2. The van der Waals surface area contributed by atoms with Crippen molar-refractivity contribution in [2.75, 3.05) is 0 Å². The second kappa shape index (κ2) is 13.0. The van der Waals surface area contributed by atoms with Crippen molar-refractivity contribution < 1.29 is 4.42 Å². The minimum absolute atomic E-state index is 0.639. The molecule has 5 heteroatoms. The monoisotopic (exact) mass is 802 g/mol. The van der Waals surface area contributed by atoms with Crippen LogP contribution in [0.2, 0.25) is 0 Å². The molecule has 0 fully saturated rings. The Labute approximate surface area is 360 Å². The molecule has 14 rings (SSSR count). The van der Waals surface area contributed by atoms with Crippen LogP contribution in [0.1, 0.15) is 0 Å². The quantitative estimate of drug-likeness (QED) is 0.174. The first-order valence-corrected chi connectivity index (χ1v) is 21.4. The highest BCUT2D eigenvalue weighted by Crippen LogP contribution is 2.48. The lowest BCUT2D eigenvalue weighted by Gasteiger charge is -2.11. The lowest BCUT2D eigenvalue weighted by molar-refractivity contribution is 0.662. The molecule has 5 heterocycles. The van der Waals surface area contributed by atoms with E-state index in [2.05, 4.69) is 191 Å². The number of rotatable bonds is 5. The fourth-order valence-corrected chi connectivity index (χ4v) is 10.2. The van der Waals surface area contributed by atoms with Crippen LogP contribution in [0.15, 0.2) is 211 Å². The van der Waals surface area contributed by atoms with Gasteiger partial charge in [0.1, 0.15) is 11.1 Å². The van der Waals surface area contributed by atoms with Gasteiger partial charge in [0, 0.05) is 43.3 Å². The molecule has 0 bridgehead atoms. The Bertz CT molecular complexity index is 4110. The summed E-state index contributed by atoms with van der Waals surface area (Å²) in [4.78, 5) is 10.8. The van der Waals surface area contributed by atoms with E-state index in [1.54, 1.807) is 0 Å². The predicted octanol–water partition coefficient (Wildman–Crippen LogP) is 15.3. The van der Waals surface area contributed by atoms with Crippen LogP contribution in [0.4, 0.5) is 0 Å². The molecule has 5 nitrogen and oxygen atoms in total. The minimum atomic E-state index is 0.639. The van der Waals surface area contributed by atoms with Crippen LogP contribution in [-0.2, 0) is 0 Å². The number of para-hydroxylation sites is 2. The van der Waals surface area contributed by atoms with E-state index in [9.17, 15) is 0 Å². The average molecular weight is 803 g/mol. The Morgan fingerprint density at radius 1 is 0.349 bits per heavy atom. The zero-order chi connectivity index (χ0) is 41.2. The molecular weight excluding hydrogens is 769 g/mol. The van der Waals surface area contributed by atoms with Gasteiger partial charge in [-0.2, -0.15) is 0 Å². The molecule has 0 amide bonds. The van der Waals surface area contributed by atoms with Crippen molar-refractivity contribution in [2.45, 2.75) is 0 Å². The first-order chi connectivity index (χ1) is 31.2. The van der Waals surface area contributed by atoms with E-state index < -0.39 is 0 Å². The normalized spacial score (nSPS) is 12.1. The van der Waals surface area contributed by atoms with Crippen molar-refractivity contribution in [3.8, 4) is 50.6 Å². The molecule has 9 aromatic carbocycles. The van der Waals surface area contributed by atoms with Crippen molar-refractivity contribution >= 4 is 82.0 Å². The van der Waals surface area contributed by atoms with E-state index in [0.717, 1.165) is 49.6 Å². The second-order valence-electron chi connectivity index (χ2n) is 16.5. The van der Waals surface area contributed by atoms with Crippen molar-refractivity contribution in [1.29, 1.82) is 0 Å². The van der Waals surface area contributed by atoms with Gasteiger partial charge in [-0.25, -0.2) is 9.97 Å². The first-order valence-electron chi connectivity index (χ1n) is 21.4. The maximum absolute atomic E-state index is 6.84. The third-order valence-corrected chi connectivity index (χ3v) is 13.1. The van der Waals surface area contributed by atoms with E-state index in [-0.39, 0.29) is 0 Å². The van der Waals surface area contributed by atoms with Gasteiger partial charge in [-0.3, -0.25) is 4.57 Å². The number of aromatic nitrogens is 4. The van der Waals surface area contributed by atoms with Crippen LogP contribution in [0.25, 0.3) is 133 Å². The lowest BCUT2D eigenvalue weighted by atomic mass is 9.99. The molecule has 0 spiro atoms. The van der Waals surface area contributed by atoms with Crippen LogP contribution >= 0.6 is 0 Å². The lowest BCUT2D eigenvalue weighted by Crippen LogP contribution is -2.02. The van der Waals surface area contributed by atoms with Crippen LogP contribution in [0.3, 0.4) is 0 Å². The number of hydrogen-bond donors (Lipinski definition) is 0. The van der Waals surface area contributed by atoms with Crippen LogP contribution < -0.4 is 0 Å². The molecule has 0 saturated carbocycles. The molecule has 0 aliphatic carbocycles. The summed E-state index contributed by atoms with van der Waals surface area (Å²) in [6, 6.07) is 73.6. The average Bonchev–Trinajstić information content (AvgIpc) is 4.10. The highest BCUT2D eigenvalue weighted by molar-refractivity contribution is 6.36. The summed E-state index contributed by atoms with van der Waals surface area (Å²) in [5, 5.41) is 8.15. The third kappa shape index (κ3) is 4.93. The van der Waals surface area contributed by atoms with E-state index in [1.165, 1.54) is 65.7 Å². The topological polar surface area (TPSA) is 48.3 Å². The summed E-state index contributed by atoms with van der Waals surface area (Å²) >= 11 is 0. The van der Waals surface area contributed by atoms with Gasteiger partial charge in [0.05, 0.1) is 27.6 Å². The van der Waals surface area contributed by atoms with Gasteiger partial charge in [-0.1, -0.05) is 164 Å². The van der Waals surface area contributed by atoms with E-state index in [4.69, 9.17) is 14.4 Å². The fourth-order valence-electron chi connectivity index (χ4n) is 10.2. The zero-order valence-corrected chi connectivity index (χ0v) is 33.8. The summed E-state index contributed by atoms with van der Waals surface area (Å²) in [6.07, 6.45) is 0. The number of nitrogens with zero attached hydrogens (tertiary/aromatic N) is 4. The van der Waals surface area contributed by atoms with Crippen LogP contribution in [-0.4, -0.2) is 18.9 Å². The minimum Gasteiger partial charge on any atom is -0.450 e. The zero-order valence-electron chi connectivity index (χ0n) is 33.8. The van der Waals surface area contributed by atoms with Crippen LogP contribution in [0, 0.1) is 0 Å². The van der Waals surface area contributed by atoms with Gasteiger partial charge in [0.25, 0.3) is 0 Å². The summed E-state index contributed by atoms with van der Waals surface area (Å²) in [5.74, 6) is 1.35. The summed E-state index contributed by atoms with van der Waals surface area (Å²) in [6.45, 7) is 0. The molecule has 14 aromatic rings. The van der Waals surface area contributed by atoms with Gasteiger partial charge >= 0.3 is 0 Å². The van der Waals surface area contributed by atoms with E-state index in [1.807, 2.05) is 24.3 Å².